The molecule has 7 atom stereocenters. The maximum atomic E-state index is 14.1. The Bertz CT molecular complexity index is 1900. The molecular weight excluding hydrogens is 677 g/mol. The minimum atomic E-state index is -0.795. The van der Waals surface area contributed by atoms with Gasteiger partial charge in [-0.1, -0.05) is 33.8 Å². The summed E-state index contributed by atoms with van der Waals surface area (Å²) in [5.41, 5.74) is 9.13. The molecule has 0 spiro atoms. The van der Waals surface area contributed by atoms with E-state index in [1.54, 1.807) is 18.9 Å². The number of thioether (sulfide) groups is 1. The van der Waals surface area contributed by atoms with Crippen LogP contribution in [0.2, 0.25) is 0 Å². The van der Waals surface area contributed by atoms with Gasteiger partial charge in [-0.2, -0.15) is 0 Å². The molecule has 12 heteroatoms. The molecule has 3 aliphatic heterocycles. The van der Waals surface area contributed by atoms with Crippen LogP contribution in [0, 0.1) is 23.2 Å². The molecule has 5 heterocycles. The van der Waals surface area contributed by atoms with E-state index in [1.807, 2.05) is 19.2 Å². The molecule has 6 bridgehead atoms. The van der Waals surface area contributed by atoms with Gasteiger partial charge < -0.3 is 19.4 Å². The van der Waals surface area contributed by atoms with Crippen LogP contribution < -0.4 is 10.7 Å². The second-order valence-electron chi connectivity index (χ2n) is 15.8. The predicted octanol–water partition coefficient (Wildman–Crippen LogP) is 6.02. The lowest BCUT2D eigenvalue weighted by molar-refractivity contribution is -0.155. The number of cyclic esters (lactones) is 1. The highest BCUT2D eigenvalue weighted by Crippen LogP contribution is 2.46. The van der Waals surface area contributed by atoms with Gasteiger partial charge in [0.1, 0.15) is 12.1 Å². The molecule has 7 rings (SSSR count). The first-order valence-corrected chi connectivity index (χ1v) is 19.8. The number of hydrazine groups is 1. The average Bonchev–Trinajstić information content (AvgIpc) is 3.43. The molecule has 1 unspecified atom stereocenters. The topological polar surface area (TPSA) is 127 Å². The fourth-order valence-electron chi connectivity index (χ4n) is 8.21. The number of carbonyl (C=O) groups is 3. The predicted molar refractivity (Wildman–Crippen MR) is 204 cm³/mol. The minimum Gasteiger partial charge on any atom is -0.464 e. The van der Waals surface area contributed by atoms with Crippen LogP contribution in [-0.2, 0) is 36.8 Å². The van der Waals surface area contributed by atoms with Crippen LogP contribution >= 0.6 is 11.8 Å². The fourth-order valence-corrected chi connectivity index (χ4v) is 9.31. The van der Waals surface area contributed by atoms with E-state index >= 15 is 0 Å². The smallest absolute Gasteiger partial charge is 0.324 e. The monoisotopic (exact) mass is 728 g/mol. The van der Waals surface area contributed by atoms with Gasteiger partial charge in [0, 0.05) is 66.4 Å². The lowest BCUT2D eigenvalue weighted by Crippen LogP contribution is -2.60. The number of carbonyl (C=O) groups excluding carboxylic acids is 3. The Hall–Kier alpha value is -3.74. The second-order valence-corrected chi connectivity index (χ2v) is 16.9. The highest BCUT2D eigenvalue weighted by atomic mass is 32.2. The van der Waals surface area contributed by atoms with E-state index < -0.39 is 17.5 Å². The number of hydrogen-bond acceptors (Lipinski definition) is 9. The van der Waals surface area contributed by atoms with Crippen molar-refractivity contribution < 1.29 is 23.9 Å². The fraction of sp³-hybridized carbons (Fsp3) is 0.575. The second kappa shape index (κ2) is 14.6. The van der Waals surface area contributed by atoms with Crippen molar-refractivity contribution >= 4 is 45.5 Å². The van der Waals surface area contributed by atoms with E-state index in [1.165, 1.54) is 10.6 Å². The number of hydrogen-bond donors (Lipinski definition) is 2. The number of benzene rings is 1. The largest absolute Gasteiger partial charge is 0.464 e. The van der Waals surface area contributed by atoms with Gasteiger partial charge in [-0.25, -0.2) is 5.43 Å². The first-order valence-electron chi connectivity index (χ1n) is 18.8. The van der Waals surface area contributed by atoms with Crippen LogP contribution in [0.25, 0.3) is 22.2 Å². The summed E-state index contributed by atoms with van der Waals surface area (Å²) >= 11 is 1.65. The van der Waals surface area contributed by atoms with Crippen LogP contribution in [0.1, 0.15) is 89.8 Å². The number of amides is 2. The quantitative estimate of drug-likeness (QED) is 0.296. The molecule has 2 aromatic heterocycles. The van der Waals surface area contributed by atoms with Crippen molar-refractivity contribution in [3.8, 4) is 11.3 Å². The van der Waals surface area contributed by atoms with Crippen molar-refractivity contribution in [3.05, 3.63) is 53.3 Å². The average molecular weight is 729 g/mol. The molecular formula is C40H52N6O5S. The summed E-state index contributed by atoms with van der Waals surface area (Å²) in [7, 11) is 1.71. The molecule has 4 aliphatic rings. The van der Waals surface area contributed by atoms with E-state index in [4.69, 9.17) is 19.5 Å². The van der Waals surface area contributed by atoms with Crippen molar-refractivity contribution in [2.24, 2.45) is 28.2 Å². The summed E-state index contributed by atoms with van der Waals surface area (Å²) < 4.78 is 14.2. The summed E-state index contributed by atoms with van der Waals surface area (Å²) in [4.78, 5) is 51.1. The highest BCUT2D eigenvalue weighted by Gasteiger charge is 2.49. The number of rotatable bonds is 6. The zero-order valence-corrected chi connectivity index (χ0v) is 32.2. The van der Waals surface area contributed by atoms with Gasteiger partial charge >= 0.3 is 5.97 Å². The first kappa shape index (κ1) is 36.6. The molecule has 1 aromatic carbocycles. The van der Waals surface area contributed by atoms with Crippen molar-refractivity contribution in [2.75, 3.05) is 26.0 Å². The van der Waals surface area contributed by atoms with Crippen molar-refractivity contribution in [1.82, 2.24) is 25.3 Å². The van der Waals surface area contributed by atoms with Gasteiger partial charge in [0.05, 0.1) is 35.2 Å². The van der Waals surface area contributed by atoms with Gasteiger partial charge in [-0.05, 0) is 80.3 Å². The van der Waals surface area contributed by atoms with Gasteiger partial charge in [-0.3, -0.25) is 29.4 Å². The lowest BCUT2D eigenvalue weighted by Gasteiger charge is -2.35. The number of aliphatic imine (C=N–C) groups is 1. The van der Waals surface area contributed by atoms with Gasteiger partial charge in [0.2, 0.25) is 5.91 Å². The van der Waals surface area contributed by atoms with Crippen molar-refractivity contribution in [3.63, 3.8) is 0 Å². The number of nitrogens with zero attached hydrogens (tertiary/aromatic N) is 4. The number of ether oxygens (including phenoxy) is 2. The number of methoxy groups -OCH3 is 1. The van der Waals surface area contributed by atoms with Crippen LogP contribution in [-0.4, -0.2) is 75.5 Å². The van der Waals surface area contributed by atoms with E-state index in [0.29, 0.717) is 32.2 Å². The highest BCUT2D eigenvalue weighted by molar-refractivity contribution is 8.14. The van der Waals surface area contributed by atoms with Crippen LogP contribution in [0.4, 0.5) is 0 Å². The minimum absolute atomic E-state index is 0.0894. The number of aryl methyl sites for hydroxylation is 1. The molecule has 1 aliphatic carbocycles. The summed E-state index contributed by atoms with van der Waals surface area (Å²) in [6.07, 6.45) is 3.75. The Morgan fingerprint density at radius 1 is 1.21 bits per heavy atom. The maximum Gasteiger partial charge on any atom is 0.324 e. The standard InChI is InChI=1S/C40H52N6O5S/c1-8-45-32-14-13-25-17-27(32)28(36(45)26-11-9-15-41-35(26)24(4)50-7)19-40(5,6)21-51-39(49)29-12-10-16-46(44-29)38(48)30(18-33-42-31(25)20-52-33)43-37(47)34-22(2)23(34)3/h9,11,13-15,17,22-24,29-31,34,44H,8,10,12,16,18-21H2,1-7H3,(H,43,47)/t22-,23+,24-,29-,30-,31?,34+/m0/s1. The summed E-state index contributed by atoms with van der Waals surface area (Å²) in [5.74, 6) is 0.480. The molecule has 2 fully saturated rings. The van der Waals surface area contributed by atoms with Gasteiger partial charge in [0.15, 0.2) is 0 Å². The maximum absolute atomic E-state index is 14.1. The Morgan fingerprint density at radius 2 is 2.00 bits per heavy atom. The Kier molecular flexibility index (Phi) is 10.3. The molecule has 11 nitrogen and oxygen atoms in total. The van der Waals surface area contributed by atoms with E-state index in [2.05, 4.69) is 74.2 Å². The van der Waals surface area contributed by atoms with E-state index in [-0.39, 0.29) is 54.3 Å². The molecule has 278 valence electrons. The molecule has 2 N–H and O–H groups in total. The number of fused-ring (bicyclic) bond motifs is 5. The summed E-state index contributed by atoms with van der Waals surface area (Å²) in [6, 6.07) is 9.20. The van der Waals surface area contributed by atoms with E-state index in [9.17, 15) is 14.4 Å². The van der Waals surface area contributed by atoms with Crippen LogP contribution in [0.15, 0.2) is 41.5 Å². The lowest BCUT2D eigenvalue weighted by atomic mass is 9.84. The molecule has 1 saturated heterocycles. The van der Waals surface area contributed by atoms with E-state index in [0.717, 1.165) is 50.8 Å². The number of esters is 1. The summed E-state index contributed by atoms with van der Waals surface area (Å²) in [6.45, 7) is 14.0. The molecule has 2 amide bonds. The number of pyridine rings is 1. The normalized spacial score (nSPS) is 28.2. The zero-order chi connectivity index (χ0) is 36.9. The van der Waals surface area contributed by atoms with Gasteiger partial charge in [-0.15, -0.1) is 11.8 Å². The van der Waals surface area contributed by atoms with Crippen molar-refractivity contribution in [2.45, 2.75) is 98.0 Å². The van der Waals surface area contributed by atoms with Gasteiger partial charge in [0.25, 0.3) is 5.91 Å². The van der Waals surface area contributed by atoms with Crippen molar-refractivity contribution in [1.29, 1.82) is 0 Å². The first-order chi connectivity index (χ1) is 24.9. The molecule has 52 heavy (non-hydrogen) atoms. The summed E-state index contributed by atoms with van der Waals surface area (Å²) in [5, 5.41) is 6.59. The van der Waals surface area contributed by atoms with Crippen LogP contribution in [0.3, 0.4) is 0 Å². The van der Waals surface area contributed by atoms with Crippen LogP contribution in [0.5, 0.6) is 0 Å². The molecule has 3 aromatic rings. The third kappa shape index (κ3) is 7.01. The Balaban J connectivity index is 1.33. The number of nitrogens with one attached hydrogen (secondary N) is 2. The Morgan fingerprint density at radius 3 is 2.73 bits per heavy atom. The zero-order valence-electron chi connectivity index (χ0n) is 31.4. The third-order valence-electron chi connectivity index (χ3n) is 11.5. The molecule has 1 saturated carbocycles. The number of aromatic nitrogens is 2. The SMILES string of the molecule is CCn1c(-c2cccnc2[C@H](C)OC)c2c3cc(ccc31)C1CSC(=N1)C[C@H](NC(=O)[C@H]1[C@H](C)[C@@H]1C)C(=O)N1CCC[C@H](N1)C(=O)OCC(C)(C)C2. The molecule has 0 radical (unpaired) electrons. The Labute approximate surface area is 310 Å². The third-order valence-corrected chi connectivity index (χ3v) is 12.6.